The van der Waals surface area contributed by atoms with Crippen molar-refractivity contribution < 1.29 is 33.4 Å². The maximum absolute atomic E-state index is 11.7. The second-order valence-electron chi connectivity index (χ2n) is 4.84. The molecule has 0 unspecified atom stereocenters. The average Bonchev–Trinajstić information content (AvgIpc) is 2.53. The van der Waals surface area contributed by atoms with Gasteiger partial charge in [0.15, 0.2) is 11.5 Å². The molecule has 0 saturated carbocycles. The first-order valence-corrected chi connectivity index (χ1v) is 7.35. The molecule has 0 spiro atoms. The third-order valence-electron chi connectivity index (χ3n) is 2.76. The summed E-state index contributed by atoms with van der Waals surface area (Å²) in [5.41, 5.74) is 0.551. The maximum Gasteiger partial charge on any atom is 0.308 e. The smallest absolute Gasteiger partial charge is 0.308 e. The Labute approximate surface area is 144 Å². The fraction of sp³-hybridized carbons (Fsp3) is 0.294. The van der Waals surface area contributed by atoms with Crippen LogP contribution in [0.2, 0.25) is 0 Å². The molecule has 0 bridgehead atoms. The molecule has 0 aliphatic carbocycles. The monoisotopic (exact) mass is 349 g/mol. The van der Waals surface area contributed by atoms with E-state index >= 15 is 0 Å². The van der Waals surface area contributed by atoms with Crippen molar-refractivity contribution >= 4 is 29.9 Å². The lowest BCUT2D eigenvalue weighted by Crippen LogP contribution is -2.24. The van der Waals surface area contributed by atoms with Gasteiger partial charge in [0.05, 0.1) is 13.5 Å². The highest BCUT2D eigenvalue weighted by molar-refractivity contribution is 5.92. The summed E-state index contributed by atoms with van der Waals surface area (Å²) >= 11 is 0. The van der Waals surface area contributed by atoms with Gasteiger partial charge in [0, 0.05) is 26.5 Å². The van der Waals surface area contributed by atoms with Gasteiger partial charge in [-0.25, -0.2) is 0 Å². The second kappa shape index (κ2) is 9.86. The van der Waals surface area contributed by atoms with Crippen molar-refractivity contribution in [2.45, 2.75) is 20.3 Å². The van der Waals surface area contributed by atoms with E-state index in [0.717, 1.165) is 0 Å². The predicted octanol–water partition coefficient (Wildman–Crippen LogP) is 1.23. The number of hydrogen-bond acceptors (Lipinski definition) is 7. The Morgan fingerprint density at radius 2 is 1.68 bits per heavy atom. The van der Waals surface area contributed by atoms with E-state index in [4.69, 9.17) is 9.47 Å². The minimum Gasteiger partial charge on any atom is -0.469 e. The molecule has 0 radical (unpaired) electrons. The Morgan fingerprint density at radius 3 is 2.28 bits per heavy atom. The van der Waals surface area contributed by atoms with Gasteiger partial charge in [-0.15, -0.1) is 0 Å². The highest BCUT2D eigenvalue weighted by Gasteiger charge is 2.10. The van der Waals surface area contributed by atoms with Crippen molar-refractivity contribution in [1.82, 2.24) is 5.32 Å². The molecule has 134 valence electrons. The molecule has 8 nitrogen and oxygen atoms in total. The number of rotatable bonds is 7. The van der Waals surface area contributed by atoms with Gasteiger partial charge in [0.25, 0.3) is 0 Å². The first-order chi connectivity index (χ1) is 11.8. The van der Waals surface area contributed by atoms with Crippen LogP contribution in [0.25, 0.3) is 6.08 Å². The number of benzene rings is 1. The molecule has 8 heteroatoms. The zero-order valence-electron chi connectivity index (χ0n) is 14.2. The normalized spacial score (nSPS) is 10.2. The van der Waals surface area contributed by atoms with Crippen LogP contribution in [0.4, 0.5) is 0 Å². The predicted molar refractivity (Wildman–Crippen MR) is 87.7 cm³/mol. The fourth-order valence-electron chi connectivity index (χ4n) is 1.72. The van der Waals surface area contributed by atoms with E-state index in [1.165, 1.54) is 45.2 Å². The number of esters is 3. The molecule has 0 atom stereocenters. The van der Waals surface area contributed by atoms with Crippen LogP contribution in [0, 0.1) is 0 Å². The minimum absolute atomic E-state index is 0.0657. The molecule has 0 heterocycles. The van der Waals surface area contributed by atoms with E-state index < -0.39 is 23.8 Å². The first-order valence-electron chi connectivity index (χ1n) is 7.35. The Morgan fingerprint density at radius 1 is 1.04 bits per heavy atom. The summed E-state index contributed by atoms with van der Waals surface area (Å²) in [5, 5.41) is 2.52. The number of carbonyl (C=O) groups is 4. The number of ether oxygens (including phenoxy) is 3. The van der Waals surface area contributed by atoms with E-state index in [9.17, 15) is 19.2 Å². The van der Waals surface area contributed by atoms with Crippen molar-refractivity contribution in [3.8, 4) is 11.5 Å². The van der Waals surface area contributed by atoms with Crippen LogP contribution < -0.4 is 14.8 Å². The third kappa shape index (κ3) is 7.78. The third-order valence-corrected chi connectivity index (χ3v) is 2.76. The van der Waals surface area contributed by atoms with Crippen LogP contribution in [0.3, 0.4) is 0 Å². The number of amides is 1. The summed E-state index contributed by atoms with van der Waals surface area (Å²) in [7, 11) is 1.27. The van der Waals surface area contributed by atoms with Gasteiger partial charge in [-0.3, -0.25) is 19.2 Å². The molecular formula is C17H19NO7. The number of nitrogens with one attached hydrogen (secondary N) is 1. The molecule has 0 fully saturated rings. The minimum atomic E-state index is -0.574. The molecule has 0 aromatic heterocycles. The van der Waals surface area contributed by atoms with E-state index in [1.807, 2.05) is 0 Å². The van der Waals surface area contributed by atoms with Gasteiger partial charge in [-0.05, 0) is 23.8 Å². The molecule has 0 aliphatic rings. The number of hydrogen-bond donors (Lipinski definition) is 1. The van der Waals surface area contributed by atoms with Gasteiger partial charge < -0.3 is 19.5 Å². The average molecular weight is 349 g/mol. The van der Waals surface area contributed by atoms with Crippen molar-refractivity contribution in [2.24, 2.45) is 0 Å². The maximum atomic E-state index is 11.7. The lowest BCUT2D eigenvalue weighted by atomic mass is 10.2. The molecule has 1 aromatic carbocycles. The Kier molecular flexibility index (Phi) is 7.85. The van der Waals surface area contributed by atoms with Crippen molar-refractivity contribution in [2.75, 3.05) is 13.7 Å². The molecule has 25 heavy (non-hydrogen) atoms. The molecule has 1 aromatic rings. The van der Waals surface area contributed by atoms with Gasteiger partial charge >= 0.3 is 17.9 Å². The van der Waals surface area contributed by atoms with Crippen LogP contribution in [0.5, 0.6) is 11.5 Å². The lowest BCUT2D eigenvalue weighted by Gasteiger charge is -2.09. The molecule has 0 saturated heterocycles. The lowest BCUT2D eigenvalue weighted by molar-refractivity contribution is -0.140. The van der Waals surface area contributed by atoms with E-state index in [0.29, 0.717) is 5.56 Å². The van der Waals surface area contributed by atoms with Crippen LogP contribution in [-0.4, -0.2) is 37.5 Å². The second-order valence-corrected chi connectivity index (χ2v) is 4.84. The van der Waals surface area contributed by atoms with Crippen LogP contribution in [0.1, 0.15) is 25.8 Å². The van der Waals surface area contributed by atoms with E-state index in [-0.39, 0.29) is 24.5 Å². The quantitative estimate of drug-likeness (QED) is 0.448. The zero-order chi connectivity index (χ0) is 18.8. The highest BCUT2D eigenvalue weighted by atomic mass is 16.6. The van der Waals surface area contributed by atoms with Gasteiger partial charge in [-0.2, -0.15) is 0 Å². The molecule has 1 rings (SSSR count). The summed E-state index contributed by atoms with van der Waals surface area (Å²) in [6.07, 6.45) is 2.82. The van der Waals surface area contributed by atoms with Crippen LogP contribution in [0.15, 0.2) is 24.3 Å². The summed E-state index contributed by atoms with van der Waals surface area (Å²) in [6, 6.07) is 4.50. The van der Waals surface area contributed by atoms with Gasteiger partial charge in [-0.1, -0.05) is 6.07 Å². The summed E-state index contributed by atoms with van der Waals surface area (Å²) in [4.78, 5) is 44.8. The number of carbonyl (C=O) groups excluding carboxylic acids is 4. The van der Waals surface area contributed by atoms with Gasteiger partial charge in [0.2, 0.25) is 5.91 Å². The van der Waals surface area contributed by atoms with Crippen molar-refractivity contribution in [3.63, 3.8) is 0 Å². The Hall–Kier alpha value is -3.16. The molecule has 0 aliphatic heterocycles. The van der Waals surface area contributed by atoms with Gasteiger partial charge in [0.1, 0.15) is 0 Å². The summed E-state index contributed by atoms with van der Waals surface area (Å²) < 4.78 is 14.4. The first kappa shape index (κ1) is 19.9. The molecule has 1 N–H and O–H groups in total. The molecular weight excluding hydrogens is 330 g/mol. The largest absolute Gasteiger partial charge is 0.469 e. The van der Waals surface area contributed by atoms with Crippen LogP contribution >= 0.6 is 0 Å². The topological polar surface area (TPSA) is 108 Å². The van der Waals surface area contributed by atoms with Crippen molar-refractivity contribution in [1.29, 1.82) is 0 Å². The SMILES string of the molecule is COC(=O)CCNC(=O)/C=C/c1ccc(OC(C)=O)c(OC(C)=O)c1. The Bertz CT molecular complexity index is 694. The van der Waals surface area contributed by atoms with Crippen LogP contribution in [-0.2, 0) is 23.9 Å². The number of methoxy groups -OCH3 is 1. The van der Waals surface area contributed by atoms with E-state index in [1.54, 1.807) is 6.07 Å². The molecule has 1 amide bonds. The van der Waals surface area contributed by atoms with Crippen molar-refractivity contribution in [3.05, 3.63) is 29.8 Å². The standard InChI is InChI=1S/C17H19NO7/c1-11(19)24-14-6-4-13(10-15(14)25-12(2)20)5-7-16(21)18-9-8-17(22)23-3/h4-7,10H,8-9H2,1-3H3,(H,18,21)/b7-5+. The van der Waals surface area contributed by atoms with E-state index in [2.05, 4.69) is 10.1 Å². The fourth-order valence-corrected chi connectivity index (χ4v) is 1.72. The summed E-state index contributed by atoms with van der Waals surface area (Å²) in [5.74, 6) is -1.78. The zero-order valence-corrected chi connectivity index (χ0v) is 14.2. The Balaban J connectivity index is 2.77. The summed E-state index contributed by atoms with van der Waals surface area (Å²) in [6.45, 7) is 2.60. The highest BCUT2D eigenvalue weighted by Crippen LogP contribution is 2.29.